The van der Waals surface area contributed by atoms with E-state index in [9.17, 15) is 9.59 Å². The van der Waals surface area contributed by atoms with Gasteiger partial charge in [-0.1, -0.05) is 0 Å². The van der Waals surface area contributed by atoms with E-state index in [4.69, 9.17) is 5.11 Å². The summed E-state index contributed by atoms with van der Waals surface area (Å²) < 4.78 is 0. The standard InChI is InChI=1S/C11H20N2O3/c1-11(2,3)12-10(16)13(8-4-5-8)7-6-9(14)15/h8H,4-7H2,1-3H3,(H,12,16)(H,14,15). The maximum Gasteiger partial charge on any atom is 0.318 e. The number of carbonyl (C=O) groups excluding carboxylic acids is 1. The van der Waals surface area contributed by atoms with Gasteiger partial charge in [0, 0.05) is 18.1 Å². The molecule has 1 rings (SSSR count). The highest BCUT2D eigenvalue weighted by Gasteiger charge is 2.33. The maximum atomic E-state index is 11.9. The number of nitrogens with zero attached hydrogens (tertiary/aromatic N) is 1. The van der Waals surface area contributed by atoms with Gasteiger partial charge in [-0.05, 0) is 33.6 Å². The van der Waals surface area contributed by atoms with Gasteiger partial charge in [-0.15, -0.1) is 0 Å². The van der Waals surface area contributed by atoms with Crippen molar-refractivity contribution in [2.75, 3.05) is 6.54 Å². The summed E-state index contributed by atoms with van der Waals surface area (Å²) in [7, 11) is 0. The molecule has 0 aromatic carbocycles. The monoisotopic (exact) mass is 228 g/mol. The molecule has 1 aliphatic carbocycles. The highest BCUT2D eigenvalue weighted by Crippen LogP contribution is 2.27. The Morgan fingerprint density at radius 3 is 2.31 bits per heavy atom. The van der Waals surface area contributed by atoms with E-state index in [0.717, 1.165) is 12.8 Å². The predicted molar refractivity (Wildman–Crippen MR) is 60.3 cm³/mol. The molecule has 5 heteroatoms. The second-order valence-corrected chi connectivity index (χ2v) is 5.25. The Morgan fingerprint density at radius 1 is 1.38 bits per heavy atom. The minimum Gasteiger partial charge on any atom is -0.481 e. The van der Waals surface area contributed by atoms with Crippen LogP contribution in [0.25, 0.3) is 0 Å². The largest absolute Gasteiger partial charge is 0.481 e. The topological polar surface area (TPSA) is 69.6 Å². The number of aliphatic carboxylic acids is 1. The Labute approximate surface area is 95.8 Å². The van der Waals surface area contributed by atoms with Gasteiger partial charge in [0.05, 0.1) is 6.42 Å². The van der Waals surface area contributed by atoms with E-state index in [1.54, 1.807) is 4.90 Å². The fraction of sp³-hybridized carbons (Fsp3) is 0.818. The molecule has 0 atom stereocenters. The molecule has 0 saturated heterocycles. The van der Waals surface area contributed by atoms with Gasteiger partial charge in [0.2, 0.25) is 0 Å². The first kappa shape index (κ1) is 12.8. The van der Waals surface area contributed by atoms with Gasteiger partial charge in [-0.25, -0.2) is 4.79 Å². The Balaban J connectivity index is 2.49. The van der Waals surface area contributed by atoms with Crippen molar-refractivity contribution in [2.45, 2.75) is 51.6 Å². The Hall–Kier alpha value is -1.26. The molecule has 1 saturated carbocycles. The lowest BCUT2D eigenvalue weighted by molar-refractivity contribution is -0.137. The number of hydrogen-bond donors (Lipinski definition) is 2. The van der Waals surface area contributed by atoms with Crippen LogP contribution in [0.2, 0.25) is 0 Å². The molecule has 2 amide bonds. The van der Waals surface area contributed by atoms with Crippen LogP contribution >= 0.6 is 0 Å². The average molecular weight is 228 g/mol. The minimum atomic E-state index is -0.866. The highest BCUT2D eigenvalue weighted by molar-refractivity contribution is 5.76. The van der Waals surface area contributed by atoms with Crippen LogP contribution in [0, 0.1) is 0 Å². The summed E-state index contributed by atoms with van der Waals surface area (Å²) in [6.07, 6.45) is 1.97. The van der Waals surface area contributed by atoms with E-state index in [0.29, 0.717) is 6.54 Å². The molecule has 0 heterocycles. The summed E-state index contributed by atoms with van der Waals surface area (Å²) >= 11 is 0. The summed E-state index contributed by atoms with van der Waals surface area (Å²) in [6.45, 7) is 6.02. The first-order valence-electron chi connectivity index (χ1n) is 5.60. The van der Waals surface area contributed by atoms with Crippen molar-refractivity contribution < 1.29 is 14.7 Å². The maximum absolute atomic E-state index is 11.9. The van der Waals surface area contributed by atoms with Crippen LogP contribution in [0.4, 0.5) is 4.79 Å². The summed E-state index contributed by atoms with van der Waals surface area (Å²) in [4.78, 5) is 24.0. The van der Waals surface area contributed by atoms with Crippen molar-refractivity contribution in [3.63, 3.8) is 0 Å². The summed E-state index contributed by atoms with van der Waals surface area (Å²) in [6, 6.07) is 0.0814. The number of carboxylic acids is 1. The first-order valence-corrected chi connectivity index (χ1v) is 5.60. The molecule has 2 N–H and O–H groups in total. The smallest absolute Gasteiger partial charge is 0.318 e. The SMILES string of the molecule is CC(C)(C)NC(=O)N(CCC(=O)O)C1CC1. The van der Waals surface area contributed by atoms with Crippen LogP contribution in [0.5, 0.6) is 0 Å². The molecule has 0 aromatic heterocycles. The van der Waals surface area contributed by atoms with E-state index in [2.05, 4.69) is 5.32 Å². The van der Waals surface area contributed by atoms with Crippen molar-refractivity contribution in [3.05, 3.63) is 0 Å². The van der Waals surface area contributed by atoms with Crippen molar-refractivity contribution in [2.24, 2.45) is 0 Å². The number of rotatable bonds is 4. The molecule has 1 fully saturated rings. The number of nitrogens with one attached hydrogen (secondary N) is 1. The van der Waals surface area contributed by atoms with E-state index in [-0.39, 0.29) is 24.0 Å². The molecule has 16 heavy (non-hydrogen) atoms. The predicted octanol–water partition coefficient (Wildman–Crippen LogP) is 1.43. The molecule has 0 unspecified atom stereocenters. The fourth-order valence-electron chi connectivity index (χ4n) is 1.44. The molecule has 0 aliphatic heterocycles. The third kappa shape index (κ3) is 4.51. The molecule has 0 bridgehead atoms. The lowest BCUT2D eigenvalue weighted by Crippen LogP contribution is -2.49. The third-order valence-corrected chi connectivity index (χ3v) is 2.30. The van der Waals surface area contributed by atoms with E-state index in [1.807, 2.05) is 20.8 Å². The van der Waals surface area contributed by atoms with Crippen molar-refractivity contribution in [1.82, 2.24) is 10.2 Å². The van der Waals surface area contributed by atoms with Crippen LogP contribution < -0.4 is 5.32 Å². The quantitative estimate of drug-likeness (QED) is 0.764. The minimum absolute atomic E-state index is 0.00800. The van der Waals surface area contributed by atoms with Crippen LogP contribution in [0.3, 0.4) is 0 Å². The number of amides is 2. The van der Waals surface area contributed by atoms with E-state index >= 15 is 0 Å². The van der Waals surface area contributed by atoms with Gasteiger partial charge >= 0.3 is 12.0 Å². The van der Waals surface area contributed by atoms with E-state index in [1.165, 1.54) is 0 Å². The van der Waals surface area contributed by atoms with Crippen LogP contribution in [-0.2, 0) is 4.79 Å². The lowest BCUT2D eigenvalue weighted by Gasteiger charge is -2.28. The zero-order valence-electron chi connectivity index (χ0n) is 10.1. The molecule has 1 aliphatic rings. The molecule has 92 valence electrons. The number of urea groups is 1. The molecular formula is C11H20N2O3. The number of carbonyl (C=O) groups is 2. The Kier molecular flexibility index (Phi) is 3.78. The third-order valence-electron chi connectivity index (χ3n) is 2.30. The highest BCUT2D eigenvalue weighted by atomic mass is 16.4. The summed E-state index contributed by atoms with van der Waals surface area (Å²) in [5.41, 5.74) is -0.284. The van der Waals surface area contributed by atoms with Gasteiger partial charge in [0.15, 0.2) is 0 Å². The van der Waals surface area contributed by atoms with Crippen molar-refractivity contribution in [1.29, 1.82) is 0 Å². The molecular weight excluding hydrogens is 208 g/mol. The van der Waals surface area contributed by atoms with Crippen molar-refractivity contribution >= 4 is 12.0 Å². The Bertz CT molecular complexity index is 279. The summed E-state index contributed by atoms with van der Waals surface area (Å²) in [5, 5.41) is 11.5. The lowest BCUT2D eigenvalue weighted by atomic mass is 10.1. The second kappa shape index (κ2) is 4.72. The van der Waals surface area contributed by atoms with Crippen LogP contribution in [0.15, 0.2) is 0 Å². The van der Waals surface area contributed by atoms with Gasteiger partial charge < -0.3 is 15.3 Å². The van der Waals surface area contributed by atoms with Crippen molar-refractivity contribution in [3.8, 4) is 0 Å². The molecule has 0 aromatic rings. The number of carboxylic acid groups (broad SMARTS) is 1. The molecule has 0 spiro atoms. The van der Waals surface area contributed by atoms with E-state index < -0.39 is 5.97 Å². The zero-order chi connectivity index (χ0) is 12.3. The van der Waals surface area contributed by atoms with Gasteiger partial charge in [-0.2, -0.15) is 0 Å². The number of hydrogen-bond acceptors (Lipinski definition) is 2. The average Bonchev–Trinajstić information content (AvgIpc) is 2.84. The first-order chi connectivity index (χ1) is 7.29. The van der Waals surface area contributed by atoms with Gasteiger partial charge in [0.25, 0.3) is 0 Å². The Morgan fingerprint density at radius 2 is 1.94 bits per heavy atom. The van der Waals surface area contributed by atoms with Crippen LogP contribution in [-0.4, -0.2) is 40.1 Å². The molecule has 5 nitrogen and oxygen atoms in total. The van der Waals surface area contributed by atoms with Gasteiger partial charge in [-0.3, -0.25) is 4.79 Å². The second-order valence-electron chi connectivity index (χ2n) is 5.25. The van der Waals surface area contributed by atoms with Gasteiger partial charge in [0.1, 0.15) is 0 Å². The normalized spacial score (nSPS) is 15.7. The van der Waals surface area contributed by atoms with Crippen LogP contribution in [0.1, 0.15) is 40.0 Å². The molecule has 0 radical (unpaired) electrons. The fourth-order valence-corrected chi connectivity index (χ4v) is 1.44. The summed E-state index contributed by atoms with van der Waals surface area (Å²) in [5.74, 6) is -0.866. The zero-order valence-corrected chi connectivity index (χ0v) is 10.1.